The minimum Gasteiger partial charge on any atom is -0.394 e. The zero-order chi connectivity index (χ0) is 23.8. The van der Waals surface area contributed by atoms with Crippen LogP contribution in [0.15, 0.2) is 0 Å². The van der Waals surface area contributed by atoms with E-state index in [4.69, 9.17) is 4.74 Å². The summed E-state index contributed by atoms with van der Waals surface area (Å²) in [6, 6.07) is -1.11. The molecule has 0 aliphatic carbocycles. The van der Waals surface area contributed by atoms with Crippen molar-refractivity contribution in [1.29, 1.82) is 0 Å². The summed E-state index contributed by atoms with van der Waals surface area (Å²) in [5, 5.41) is 16.2. The molecule has 3 N–H and O–H groups in total. The van der Waals surface area contributed by atoms with E-state index in [1.165, 1.54) is 0 Å². The van der Waals surface area contributed by atoms with Crippen LogP contribution in [-0.2, 0) is 19.1 Å². The van der Waals surface area contributed by atoms with Crippen LogP contribution in [-0.4, -0.2) is 108 Å². The second-order valence-corrected chi connectivity index (χ2v) is 11.4. The van der Waals surface area contributed by atoms with E-state index in [1.807, 2.05) is 13.8 Å². The highest BCUT2D eigenvalue weighted by molar-refractivity contribution is 8.02. The highest BCUT2D eigenvalue weighted by Crippen LogP contribution is 2.66. The molecule has 2 unspecified atom stereocenters. The number of aliphatic hydroxyl groups excluding tert-OH is 1. The molecule has 186 valence electrons. The van der Waals surface area contributed by atoms with E-state index in [-0.39, 0.29) is 35.5 Å². The Bertz CT molecular complexity index is 763. The predicted molar refractivity (Wildman–Crippen MR) is 126 cm³/mol. The van der Waals surface area contributed by atoms with Gasteiger partial charge < -0.3 is 25.4 Å². The number of hydrogen-bond donors (Lipinski definition) is 3. The van der Waals surface area contributed by atoms with Crippen molar-refractivity contribution in [2.45, 2.75) is 55.2 Å². The van der Waals surface area contributed by atoms with Crippen LogP contribution in [0.1, 0.15) is 33.1 Å². The first kappa shape index (κ1) is 24.8. The number of hydrogen-bond acceptors (Lipinski definition) is 7. The van der Waals surface area contributed by atoms with Crippen molar-refractivity contribution in [2.75, 3.05) is 53.0 Å². The van der Waals surface area contributed by atoms with Gasteiger partial charge in [-0.3, -0.25) is 19.3 Å². The molecule has 9 nitrogen and oxygen atoms in total. The topological polar surface area (TPSA) is 111 Å². The molecule has 4 heterocycles. The Morgan fingerprint density at radius 2 is 2.03 bits per heavy atom. The number of carbonyl (C=O) groups is 3. The average Bonchev–Trinajstić information content (AvgIpc) is 3.47. The van der Waals surface area contributed by atoms with Gasteiger partial charge in [-0.1, -0.05) is 20.3 Å². The number of nitrogens with zero attached hydrogens (tertiary/aromatic N) is 2. The zero-order valence-corrected chi connectivity index (χ0v) is 20.7. The molecule has 0 aromatic rings. The van der Waals surface area contributed by atoms with E-state index >= 15 is 0 Å². The highest BCUT2D eigenvalue weighted by Gasteiger charge is 2.74. The Balaban J connectivity index is 1.60. The smallest absolute Gasteiger partial charge is 0.244 e. The molecule has 4 aliphatic rings. The summed E-state index contributed by atoms with van der Waals surface area (Å²) >= 11 is 1.66. The van der Waals surface area contributed by atoms with Crippen molar-refractivity contribution in [3.63, 3.8) is 0 Å². The molecule has 33 heavy (non-hydrogen) atoms. The van der Waals surface area contributed by atoms with Gasteiger partial charge in [0.05, 0.1) is 42.4 Å². The number of ether oxygens (including phenoxy) is 1. The molecular weight excluding hydrogens is 444 g/mol. The third-order valence-electron chi connectivity index (χ3n) is 8.21. The van der Waals surface area contributed by atoms with Crippen LogP contribution in [0.5, 0.6) is 0 Å². The molecule has 2 bridgehead atoms. The van der Waals surface area contributed by atoms with Crippen molar-refractivity contribution in [3.8, 4) is 0 Å². The summed E-state index contributed by atoms with van der Waals surface area (Å²) in [5.74, 6) is -1.33. The first-order chi connectivity index (χ1) is 15.9. The number of fused-ring (bicyclic) bond motifs is 1. The summed E-state index contributed by atoms with van der Waals surface area (Å²) in [4.78, 5) is 44.3. The molecular formula is C23H38N4O5S. The van der Waals surface area contributed by atoms with Gasteiger partial charge in [0.1, 0.15) is 6.04 Å². The largest absolute Gasteiger partial charge is 0.394 e. The van der Waals surface area contributed by atoms with Crippen molar-refractivity contribution in [2.24, 2.45) is 17.8 Å². The lowest BCUT2D eigenvalue weighted by Gasteiger charge is -2.39. The zero-order valence-electron chi connectivity index (χ0n) is 19.9. The predicted octanol–water partition coefficient (Wildman–Crippen LogP) is -0.321. The number of carbonyl (C=O) groups excluding carboxylic acids is 3. The van der Waals surface area contributed by atoms with Crippen LogP contribution >= 0.6 is 11.8 Å². The third-order valence-corrected chi connectivity index (χ3v) is 10.2. The quantitative estimate of drug-likeness (QED) is 0.413. The van der Waals surface area contributed by atoms with E-state index in [0.717, 1.165) is 38.9 Å². The van der Waals surface area contributed by atoms with Gasteiger partial charge in [0.25, 0.3) is 0 Å². The molecule has 4 aliphatic heterocycles. The molecule has 4 saturated heterocycles. The maximum Gasteiger partial charge on any atom is 0.244 e. The number of thioether (sulfide) groups is 1. The lowest BCUT2D eigenvalue weighted by Crippen LogP contribution is -2.58. The Kier molecular flexibility index (Phi) is 7.57. The molecule has 0 aromatic heterocycles. The summed E-state index contributed by atoms with van der Waals surface area (Å²) in [6.07, 6.45) is 2.35. The Labute approximate surface area is 200 Å². The van der Waals surface area contributed by atoms with E-state index < -0.39 is 28.7 Å². The standard InChI is InChI=1S/C23H38N4O5S/c1-4-14(2)15(13-28)27-19(21(30)25-7-8-26-9-11-32-12-10-26)23-6-5-16(33-23)17(20(29)24-3)18(23)22(27)31/h14-19,28H,4-13H2,1-3H3,(H,24,29)(H,25,30)/t14-,15-,16+,17-,18-,19?,23?/m0/s1. The summed E-state index contributed by atoms with van der Waals surface area (Å²) in [6.45, 7) is 8.18. The number of nitrogens with one attached hydrogen (secondary N) is 2. The minimum absolute atomic E-state index is 0.0403. The second kappa shape index (κ2) is 10.1. The number of morpholine rings is 1. The number of amides is 3. The van der Waals surface area contributed by atoms with Crippen molar-refractivity contribution in [1.82, 2.24) is 20.4 Å². The molecule has 7 atom stereocenters. The fourth-order valence-corrected chi connectivity index (χ4v) is 8.49. The fraction of sp³-hybridized carbons (Fsp3) is 0.870. The van der Waals surface area contributed by atoms with E-state index in [9.17, 15) is 19.5 Å². The fourth-order valence-electron chi connectivity index (χ4n) is 6.29. The summed E-state index contributed by atoms with van der Waals surface area (Å²) < 4.78 is 4.78. The summed E-state index contributed by atoms with van der Waals surface area (Å²) in [5.41, 5.74) is 0. The average molecular weight is 483 g/mol. The van der Waals surface area contributed by atoms with Gasteiger partial charge in [-0.25, -0.2) is 0 Å². The van der Waals surface area contributed by atoms with Crippen LogP contribution in [0, 0.1) is 17.8 Å². The van der Waals surface area contributed by atoms with Crippen molar-refractivity contribution >= 4 is 29.5 Å². The van der Waals surface area contributed by atoms with Gasteiger partial charge in [-0.2, -0.15) is 0 Å². The molecule has 10 heteroatoms. The third kappa shape index (κ3) is 4.17. The number of likely N-dealkylation sites (tertiary alicyclic amines) is 1. The molecule has 4 rings (SSSR count). The minimum atomic E-state index is -0.671. The maximum atomic E-state index is 13.9. The van der Waals surface area contributed by atoms with E-state index in [0.29, 0.717) is 19.8 Å². The van der Waals surface area contributed by atoms with Gasteiger partial charge in [-0.15, -0.1) is 11.8 Å². The molecule has 0 radical (unpaired) electrons. The van der Waals surface area contributed by atoms with Gasteiger partial charge in [0.15, 0.2) is 0 Å². The Morgan fingerprint density at radius 3 is 2.67 bits per heavy atom. The monoisotopic (exact) mass is 482 g/mol. The number of aliphatic hydroxyl groups is 1. The number of rotatable bonds is 9. The van der Waals surface area contributed by atoms with E-state index in [2.05, 4.69) is 15.5 Å². The van der Waals surface area contributed by atoms with Gasteiger partial charge in [0.2, 0.25) is 17.7 Å². The second-order valence-electron chi connectivity index (χ2n) is 9.80. The van der Waals surface area contributed by atoms with Crippen molar-refractivity contribution < 1.29 is 24.2 Å². The van der Waals surface area contributed by atoms with Crippen LogP contribution < -0.4 is 10.6 Å². The highest BCUT2D eigenvalue weighted by atomic mass is 32.2. The molecule has 3 amide bonds. The Morgan fingerprint density at radius 1 is 1.30 bits per heavy atom. The van der Waals surface area contributed by atoms with Crippen LogP contribution in [0.3, 0.4) is 0 Å². The Hall–Kier alpha value is -1.36. The molecule has 0 saturated carbocycles. The van der Waals surface area contributed by atoms with Crippen LogP contribution in [0.2, 0.25) is 0 Å². The molecule has 1 spiro atoms. The lowest BCUT2D eigenvalue weighted by atomic mass is 9.71. The maximum absolute atomic E-state index is 13.9. The molecule has 4 fully saturated rings. The lowest BCUT2D eigenvalue weighted by molar-refractivity contribution is -0.143. The summed E-state index contributed by atoms with van der Waals surface area (Å²) in [7, 11) is 1.61. The van der Waals surface area contributed by atoms with Crippen LogP contribution in [0.25, 0.3) is 0 Å². The first-order valence-corrected chi connectivity index (χ1v) is 13.2. The first-order valence-electron chi connectivity index (χ1n) is 12.3. The van der Waals surface area contributed by atoms with Gasteiger partial charge in [0, 0.05) is 38.5 Å². The van der Waals surface area contributed by atoms with Crippen molar-refractivity contribution in [3.05, 3.63) is 0 Å². The van der Waals surface area contributed by atoms with Gasteiger partial charge in [-0.05, 0) is 18.8 Å². The van der Waals surface area contributed by atoms with Gasteiger partial charge >= 0.3 is 0 Å². The normalized spacial score (nSPS) is 35.4. The SMILES string of the molecule is CC[C@H](C)[C@H](CO)N1C(=O)[C@@H]2[C@@H](C(=O)NC)[C@H]3CCC2(S3)C1C(=O)NCCN1CCOCC1. The van der Waals surface area contributed by atoms with Crippen LogP contribution in [0.4, 0.5) is 0 Å². The van der Waals surface area contributed by atoms with E-state index in [1.54, 1.807) is 23.7 Å². The molecule has 0 aromatic carbocycles.